The largest absolute Gasteiger partial charge is 0.419 e. The van der Waals surface area contributed by atoms with Gasteiger partial charge in [-0.05, 0) is 29.8 Å². The topological polar surface area (TPSA) is 64.7 Å². The first-order chi connectivity index (χ1) is 8.77. The Morgan fingerprint density at radius 3 is 2.37 bits per heavy atom. The van der Waals surface area contributed by atoms with E-state index in [0.29, 0.717) is 12.1 Å². The molecule has 0 saturated heterocycles. The lowest BCUT2D eigenvalue weighted by molar-refractivity contribution is -0.139. The van der Waals surface area contributed by atoms with Crippen molar-refractivity contribution >= 4 is 17.5 Å². The molecule has 1 aromatic carbocycles. The molecule has 0 aliphatic heterocycles. The zero-order valence-electron chi connectivity index (χ0n) is 9.04. The number of hydrogen-bond acceptors (Lipinski definition) is 4. The fraction of sp³-hybridized carbons (Fsp3) is 0.100. The number of nitrogens with two attached hydrogens (primary N) is 1. The first-order valence-electron chi connectivity index (χ1n) is 4.81. The van der Waals surface area contributed by atoms with Crippen molar-refractivity contribution in [3.8, 4) is 11.4 Å². The van der Waals surface area contributed by atoms with Gasteiger partial charge in [0.25, 0.3) is 0 Å². The lowest BCUT2D eigenvalue weighted by Gasteiger charge is -2.09. The van der Waals surface area contributed by atoms with Crippen LogP contribution in [0.3, 0.4) is 0 Å². The summed E-state index contributed by atoms with van der Waals surface area (Å²) < 4.78 is 50.8. The fourth-order valence-corrected chi connectivity index (χ4v) is 1.54. The Bertz CT molecular complexity index is 609. The molecule has 1 aromatic heterocycles. The summed E-state index contributed by atoms with van der Waals surface area (Å²) in [5, 5.41) is -0.264. The van der Waals surface area contributed by atoms with Crippen LogP contribution in [0, 0.1) is 5.82 Å². The number of aromatic nitrogens is 3. The molecule has 0 radical (unpaired) electrons. The molecule has 2 aromatic rings. The summed E-state index contributed by atoms with van der Waals surface area (Å²) >= 11 is 5.52. The second-order valence-electron chi connectivity index (χ2n) is 3.48. The first-order valence-corrected chi connectivity index (χ1v) is 5.19. The molecular formula is C10H5ClF4N4. The highest BCUT2D eigenvalue weighted by Gasteiger charge is 2.34. The Morgan fingerprint density at radius 2 is 1.79 bits per heavy atom. The Balaban J connectivity index is 2.58. The van der Waals surface area contributed by atoms with Gasteiger partial charge in [0.2, 0.25) is 11.2 Å². The van der Waals surface area contributed by atoms with Crippen LogP contribution in [0.4, 0.5) is 23.5 Å². The summed E-state index contributed by atoms with van der Waals surface area (Å²) in [5.74, 6) is -1.79. The molecule has 2 rings (SSSR count). The van der Waals surface area contributed by atoms with E-state index in [-0.39, 0.29) is 22.6 Å². The standard InChI is InChI=1S/C10H5ClF4N4/c11-8-17-7(18-9(16)19-8)4-1-2-6(12)5(3-4)10(13,14)15/h1-3H,(H2,16,17,18,19). The third kappa shape index (κ3) is 2.90. The molecule has 2 N–H and O–H groups in total. The van der Waals surface area contributed by atoms with Crippen LogP contribution in [0.15, 0.2) is 18.2 Å². The van der Waals surface area contributed by atoms with E-state index in [1.165, 1.54) is 0 Å². The van der Waals surface area contributed by atoms with Crippen LogP contribution in [0.2, 0.25) is 5.28 Å². The summed E-state index contributed by atoms with van der Waals surface area (Å²) in [7, 11) is 0. The van der Waals surface area contributed by atoms with E-state index < -0.39 is 17.6 Å². The van der Waals surface area contributed by atoms with E-state index in [0.717, 1.165) is 6.07 Å². The van der Waals surface area contributed by atoms with Crippen molar-refractivity contribution in [2.45, 2.75) is 6.18 Å². The van der Waals surface area contributed by atoms with Crippen molar-refractivity contribution < 1.29 is 17.6 Å². The molecule has 1 heterocycles. The Morgan fingerprint density at radius 1 is 1.11 bits per heavy atom. The van der Waals surface area contributed by atoms with Gasteiger partial charge in [-0.25, -0.2) is 4.39 Å². The molecule has 0 aliphatic rings. The zero-order chi connectivity index (χ0) is 14.2. The van der Waals surface area contributed by atoms with Crippen LogP contribution in [0.1, 0.15) is 5.56 Å². The van der Waals surface area contributed by atoms with Crippen LogP contribution >= 0.6 is 11.6 Å². The molecule has 0 aliphatic carbocycles. The maximum atomic E-state index is 13.1. The van der Waals surface area contributed by atoms with Gasteiger partial charge in [-0.2, -0.15) is 28.1 Å². The minimum atomic E-state index is -4.82. The molecule has 0 bridgehead atoms. The molecule has 0 amide bonds. The Kier molecular flexibility index (Phi) is 3.27. The van der Waals surface area contributed by atoms with Crippen molar-refractivity contribution in [3.63, 3.8) is 0 Å². The predicted molar refractivity (Wildman–Crippen MR) is 59.6 cm³/mol. The van der Waals surface area contributed by atoms with Gasteiger partial charge in [0.05, 0.1) is 5.56 Å². The second-order valence-corrected chi connectivity index (χ2v) is 3.82. The number of nitrogen functional groups attached to an aromatic ring is 1. The van der Waals surface area contributed by atoms with Gasteiger partial charge >= 0.3 is 6.18 Å². The maximum Gasteiger partial charge on any atom is 0.419 e. The van der Waals surface area contributed by atoms with Gasteiger partial charge in [0.15, 0.2) is 5.82 Å². The second kappa shape index (κ2) is 4.61. The average molecular weight is 293 g/mol. The van der Waals surface area contributed by atoms with Crippen molar-refractivity contribution in [1.29, 1.82) is 0 Å². The van der Waals surface area contributed by atoms with E-state index in [1.807, 2.05) is 0 Å². The molecule has 19 heavy (non-hydrogen) atoms. The maximum absolute atomic E-state index is 13.1. The Hall–Kier alpha value is -1.96. The van der Waals surface area contributed by atoms with Gasteiger partial charge in [-0.3, -0.25) is 0 Å². The number of benzene rings is 1. The zero-order valence-corrected chi connectivity index (χ0v) is 9.80. The highest BCUT2D eigenvalue weighted by molar-refractivity contribution is 6.28. The highest BCUT2D eigenvalue weighted by atomic mass is 35.5. The minimum absolute atomic E-state index is 0.0651. The van der Waals surface area contributed by atoms with Gasteiger partial charge in [0.1, 0.15) is 5.82 Å². The van der Waals surface area contributed by atoms with E-state index in [1.54, 1.807) is 0 Å². The summed E-state index contributed by atoms with van der Waals surface area (Å²) in [5.41, 5.74) is 3.83. The number of halogens is 5. The molecule has 0 fully saturated rings. The SMILES string of the molecule is Nc1nc(Cl)nc(-c2ccc(F)c(C(F)(F)F)c2)n1. The molecular weight excluding hydrogens is 288 g/mol. The van der Waals surface area contributed by atoms with E-state index in [4.69, 9.17) is 17.3 Å². The summed E-state index contributed by atoms with van der Waals surface area (Å²) in [6.45, 7) is 0. The van der Waals surface area contributed by atoms with Gasteiger partial charge < -0.3 is 5.73 Å². The average Bonchev–Trinajstić information content (AvgIpc) is 2.26. The van der Waals surface area contributed by atoms with E-state index in [9.17, 15) is 17.6 Å². The number of nitrogens with zero attached hydrogens (tertiary/aromatic N) is 3. The van der Waals surface area contributed by atoms with Crippen molar-refractivity contribution in [2.75, 3.05) is 5.73 Å². The first kappa shape index (κ1) is 13.5. The van der Waals surface area contributed by atoms with Gasteiger partial charge in [0, 0.05) is 5.56 Å². The predicted octanol–water partition coefficient (Wildman–Crippen LogP) is 2.93. The molecule has 0 atom stereocenters. The normalized spacial score (nSPS) is 11.6. The number of alkyl halides is 3. The Labute approximate surface area is 109 Å². The quantitative estimate of drug-likeness (QED) is 0.821. The lowest BCUT2D eigenvalue weighted by atomic mass is 10.1. The highest BCUT2D eigenvalue weighted by Crippen LogP contribution is 2.33. The third-order valence-corrected chi connectivity index (χ3v) is 2.32. The van der Waals surface area contributed by atoms with Crippen LogP contribution in [0.5, 0.6) is 0 Å². The molecule has 4 nitrogen and oxygen atoms in total. The van der Waals surface area contributed by atoms with Crippen LogP contribution in [-0.2, 0) is 6.18 Å². The van der Waals surface area contributed by atoms with Gasteiger partial charge in [-0.15, -0.1) is 0 Å². The van der Waals surface area contributed by atoms with E-state index >= 15 is 0 Å². The summed E-state index contributed by atoms with van der Waals surface area (Å²) in [6, 6.07) is 2.35. The summed E-state index contributed by atoms with van der Waals surface area (Å²) in [4.78, 5) is 10.7. The summed E-state index contributed by atoms with van der Waals surface area (Å²) in [6.07, 6.45) is -4.82. The van der Waals surface area contributed by atoms with Crippen molar-refractivity contribution in [2.24, 2.45) is 0 Å². The smallest absolute Gasteiger partial charge is 0.368 e. The molecule has 100 valence electrons. The molecule has 9 heteroatoms. The van der Waals surface area contributed by atoms with Crippen molar-refractivity contribution in [3.05, 3.63) is 34.9 Å². The fourth-order valence-electron chi connectivity index (χ4n) is 1.38. The van der Waals surface area contributed by atoms with Gasteiger partial charge in [-0.1, -0.05) is 0 Å². The van der Waals surface area contributed by atoms with Crippen molar-refractivity contribution in [1.82, 2.24) is 15.0 Å². The number of hydrogen-bond donors (Lipinski definition) is 1. The molecule has 0 saturated carbocycles. The van der Waals surface area contributed by atoms with Crippen LogP contribution in [0.25, 0.3) is 11.4 Å². The number of anilines is 1. The molecule has 0 spiro atoms. The monoisotopic (exact) mass is 292 g/mol. The van der Waals surface area contributed by atoms with Crippen LogP contribution < -0.4 is 5.73 Å². The third-order valence-electron chi connectivity index (χ3n) is 2.16. The molecule has 0 unspecified atom stereocenters. The minimum Gasteiger partial charge on any atom is -0.368 e. The lowest BCUT2D eigenvalue weighted by Crippen LogP contribution is -2.08. The van der Waals surface area contributed by atoms with E-state index in [2.05, 4.69) is 15.0 Å². The van der Waals surface area contributed by atoms with Crippen LogP contribution in [-0.4, -0.2) is 15.0 Å². The number of rotatable bonds is 1.